The average molecular weight is 325 g/mol. The molecule has 2 heterocycles. The first-order valence-corrected chi connectivity index (χ1v) is 7.76. The summed E-state index contributed by atoms with van der Waals surface area (Å²) in [7, 11) is 0. The Morgan fingerprint density at radius 2 is 2.00 bits per heavy atom. The Morgan fingerprint density at radius 3 is 2.75 bits per heavy atom. The summed E-state index contributed by atoms with van der Waals surface area (Å²) in [6.07, 6.45) is 1.83. The second kappa shape index (κ2) is 6.23. The molecule has 0 saturated carbocycles. The number of aryl methyl sites for hydroxylation is 1. The quantitative estimate of drug-likeness (QED) is 0.641. The zero-order valence-electron chi connectivity index (χ0n) is 13.8. The topological polar surface area (TPSA) is 87.0 Å². The van der Waals surface area contributed by atoms with E-state index in [1.54, 1.807) is 20.8 Å². The van der Waals surface area contributed by atoms with Gasteiger partial charge in [-0.05, 0) is 44.5 Å². The number of hydrogen-bond donors (Lipinski definition) is 3. The van der Waals surface area contributed by atoms with Crippen LogP contribution in [0.4, 0.5) is 5.69 Å². The fourth-order valence-corrected chi connectivity index (χ4v) is 2.88. The van der Waals surface area contributed by atoms with Crippen LogP contribution in [-0.4, -0.2) is 28.5 Å². The van der Waals surface area contributed by atoms with E-state index in [0.29, 0.717) is 22.5 Å². The number of fused-ring (bicyclic) bond motifs is 1. The number of esters is 1. The number of rotatable bonds is 4. The van der Waals surface area contributed by atoms with Gasteiger partial charge in [-0.1, -0.05) is 6.07 Å². The summed E-state index contributed by atoms with van der Waals surface area (Å²) in [5.41, 5.74) is 3.67. The molecular formula is C18H19N3O3. The Hall–Kier alpha value is -3.02. The van der Waals surface area contributed by atoms with E-state index < -0.39 is 5.97 Å². The number of hydrogen-bond acceptors (Lipinski definition) is 3. The first kappa shape index (κ1) is 15.9. The minimum atomic E-state index is -0.454. The Kier molecular flexibility index (Phi) is 4.12. The fourth-order valence-electron chi connectivity index (χ4n) is 2.88. The summed E-state index contributed by atoms with van der Waals surface area (Å²) in [4.78, 5) is 30.7. The maximum atomic E-state index is 12.7. The average Bonchev–Trinajstić information content (AvgIpc) is 3.12. The van der Waals surface area contributed by atoms with Crippen molar-refractivity contribution in [3.8, 4) is 0 Å². The SMILES string of the molecule is CCOC(=O)c1[nH]c(C)c(C(=O)Nc2cccc3[nH]ccc23)c1C. The maximum Gasteiger partial charge on any atom is 0.355 e. The third kappa shape index (κ3) is 2.67. The fraction of sp³-hybridized carbons (Fsp3) is 0.222. The lowest BCUT2D eigenvalue weighted by Gasteiger charge is -2.07. The molecule has 2 aromatic heterocycles. The molecule has 0 saturated heterocycles. The number of ether oxygens (including phenoxy) is 1. The smallest absolute Gasteiger partial charge is 0.355 e. The van der Waals surface area contributed by atoms with Crippen LogP contribution in [0.5, 0.6) is 0 Å². The van der Waals surface area contributed by atoms with Crippen molar-refractivity contribution < 1.29 is 14.3 Å². The van der Waals surface area contributed by atoms with Gasteiger partial charge in [0.15, 0.2) is 0 Å². The molecule has 3 N–H and O–H groups in total. The van der Waals surface area contributed by atoms with Crippen LogP contribution in [0.15, 0.2) is 30.5 Å². The van der Waals surface area contributed by atoms with Crippen LogP contribution in [0, 0.1) is 13.8 Å². The maximum absolute atomic E-state index is 12.7. The number of amides is 1. The molecule has 0 spiro atoms. The summed E-state index contributed by atoms with van der Waals surface area (Å²) < 4.78 is 5.02. The standard InChI is InChI=1S/C18H19N3O3/c1-4-24-18(23)16-10(2)15(11(3)20-16)17(22)21-14-7-5-6-13-12(14)8-9-19-13/h5-9,19-20H,4H2,1-3H3,(H,21,22). The minimum Gasteiger partial charge on any atom is -0.461 e. The molecule has 0 atom stereocenters. The van der Waals surface area contributed by atoms with Gasteiger partial charge in [-0.25, -0.2) is 4.79 Å². The molecule has 24 heavy (non-hydrogen) atoms. The first-order valence-electron chi connectivity index (χ1n) is 7.76. The number of H-pyrrole nitrogens is 2. The van der Waals surface area contributed by atoms with Crippen LogP contribution in [0.25, 0.3) is 10.9 Å². The molecule has 0 fully saturated rings. The molecule has 0 aliphatic carbocycles. The van der Waals surface area contributed by atoms with E-state index >= 15 is 0 Å². The normalized spacial score (nSPS) is 10.8. The Morgan fingerprint density at radius 1 is 1.21 bits per heavy atom. The predicted octanol–water partition coefficient (Wildman–Crippen LogP) is 3.54. The van der Waals surface area contributed by atoms with Crippen molar-refractivity contribution in [3.63, 3.8) is 0 Å². The summed E-state index contributed by atoms with van der Waals surface area (Å²) in [6, 6.07) is 7.56. The molecule has 0 bridgehead atoms. The molecule has 0 aliphatic heterocycles. The van der Waals surface area contributed by atoms with Gasteiger partial charge in [0, 0.05) is 22.8 Å². The van der Waals surface area contributed by atoms with E-state index in [0.717, 1.165) is 16.6 Å². The summed E-state index contributed by atoms with van der Waals surface area (Å²) >= 11 is 0. The van der Waals surface area contributed by atoms with E-state index in [1.165, 1.54) is 0 Å². The van der Waals surface area contributed by atoms with E-state index in [-0.39, 0.29) is 12.5 Å². The van der Waals surface area contributed by atoms with Gasteiger partial charge in [0.1, 0.15) is 5.69 Å². The minimum absolute atomic E-state index is 0.259. The largest absolute Gasteiger partial charge is 0.461 e. The summed E-state index contributed by atoms with van der Waals surface area (Å²) in [6.45, 7) is 5.53. The molecule has 0 unspecified atom stereocenters. The van der Waals surface area contributed by atoms with Crippen LogP contribution < -0.4 is 5.32 Å². The highest BCUT2D eigenvalue weighted by Crippen LogP contribution is 2.25. The number of carbonyl (C=O) groups excluding carboxylic acids is 2. The molecule has 0 aliphatic rings. The molecule has 124 valence electrons. The molecule has 6 nitrogen and oxygen atoms in total. The van der Waals surface area contributed by atoms with Crippen molar-refractivity contribution in [2.24, 2.45) is 0 Å². The molecule has 0 radical (unpaired) electrons. The predicted molar refractivity (Wildman–Crippen MR) is 92.5 cm³/mol. The lowest BCUT2D eigenvalue weighted by atomic mass is 10.1. The van der Waals surface area contributed by atoms with Crippen molar-refractivity contribution in [1.29, 1.82) is 0 Å². The second-order valence-electron chi connectivity index (χ2n) is 5.54. The lowest BCUT2D eigenvalue weighted by molar-refractivity contribution is 0.0519. The van der Waals surface area contributed by atoms with Crippen molar-refractivity contribution in [1.82, 2.24) is 9.97 Å². The van der Waals surface area contributed by atoms with Gasteiger partial charge in [-0.15, -0.1) is 0 Å². The third-order valence-electron chi connectivity index (χ3n) is 3.99. The highest BCUT2D eigenvalue weighted by Gasteiger charge is 2.23. The van der Waals surface area contributed by atoms with Crippen LogP contribution in [-0.2, 0) is 4.74 Å². The van der Waals surface area contributed by atoms with Gasteiger partial charge >= 0.3 is 5.97 Å². The molecule has 3 rings (SSSR count). The van der Waals surface area contributed by atoms with Crippen LogP contribution in [0.3, 0.4) is 0 Å². The van der Waals surface area contributed by atoms with Crippen molar-refractivity contribution in [2.45, 2.75) is 20.8 Å². The van der Waals surface area contributed by atoms with E-state index in [9.17, 15) is 9.59 Å². The third-order valence-corrected chi connectivity index (χ3v) is 3.99. The van der Waals surface area contributed by atoms with Crippen LogP contribution in [0.2, 0.25) is 0 Å². The number of aromatic amines is 2. The number of aromatic nitrogens is 2. The van der Waals surface area contributed by atoms with Gasteiger partial charge in [0.2, 0.25) is 0 Å². The van der Waals surface area contributed by atoms with Gasteiger partial charge < -0.3 is 20.0 Å². The van der Waals surface area contributed by atoms with Gasteiger partial charge in [0.05, 0.1) is 17.9 Å². The van der Waals surface area contributed by atoms with E-state index in [4.69, 9.17) is 4.74 Å². The van der Waals surface area contributed by atoms with Gasteiger partial charge in [-0.2, -0.15) is 0 Å². The zero-order chi connectivity index (χ0) is 17.3. The Balaban J connectivity index is 1.93. The molecule has 1 amide bonds. The lowest BCUT2D eigenvalue weighted by Crippen LogP contribution is -2.14. The van der Waals surface area contributed by atoms with Crippen molar-refractivity contribution in [2.75, 3.05) is 11.9 Å². The number of nitrogens with one attached hydrogen (secondary N) is 3. The Bertz CT molecular complexity index is 921. The highest BCUT2D eigenvalue weighted by atomic mass is 16.5. The highest BCUT2D eigenvalue weighted by molar-refractivity contribution is 6.11. The number of benzene rings is 1. The number of anilines is 1. The zero-order valence-corrected chi connectivity index (χ0v) is 13.8. The van der Waals surface area contributed by atoms with Crippen LogP contribution >= 0.6 is 0 Å². The summed E-state index contributed by atoms with van der Waals surface area (Å²) in [5.74, 6) is -0.713. The summed E-state index contributed by atoms with van der Waals surface area (Å²) in [5, 5.41) is 3.85. The molecule has 1 aromatic carbocycles. The first-order chi connectivity index (χ1) is 11.5. The second-order valence-corrected chi connectivity index (χ2v) is 5.54. The molecule has 3 aromatic rings. The van der Waals surface area contributed by atoms with Gasteiger partial charge in [-0.3, -0.25) is 4.79 Å². The van der Waals surface area contributed by atoms with E-state index in [1.807, 2.05) is 30.5 Å². The number of carbonyl (C=O) groups is 2. The van der Waals surface area contributed by atoms with E-state index in [2.05, 4.69) is 15.3 Å². The Labute approximate surface area is 139 Å². The molecular weight excluding hydrogens is 306 g/mol. The van der Waals surface area contributed by atoms with Crippen molar-refractivity contribution in [3.05, 3.63) is 53.0 Å². The van der Waals surface area contributed by atoms with Crippen LogP contribution in [0.1, 0.15) is 39.0 Å². The molecule has 6 heteroatoms. The van der Waals surface area contributed by atoms with Gasteiger partial charge in [0.25, 0.3) is 5.91 Å². The monoisotopic (exact) mass is 325 g/mol. The van der Waals surface area contributed by atoms with Crippen molar-refractivity contribution >= 4 is 28.5 Å².